The zero-order chi connectivity index (χ0) is 19.2. The molecule has 9 heteroatoms. The Labute approximate surface area is 160 Å². The SMILES string of the molecule is CN1CCN(CCCNC(=O)CN(c2ccc(Cl)cc2)S(C)(=O)=O)CC1. The van der Waals surface area contributed by atoms with Crippen molar-refractivity contribution in [1.29, 1.82) is 0 Å². The fourth-order valence-electron chi connectivity index (χ4n) is 2.80. The maximum Gasteiger partial charge on any atom is 0.240 e. The van der Waals surface area contributed by atoms with Crippen LogP contribution in [0.3, 0.4) is 0 Å². The van der Waals surface area contributed by atoms with E-state index in [1.165, 1.54) is 0 Å². The number of nitrogens with one attached hydrogen (secondary N) is 1. The van der Waals surface area contributed by atoms with Crippen LogP contribution in [-0.4, -0.2) is 83.2 Å². The van der Waals surface area contributed by atoms with Gasteiger partial charge in [-0.1, -0.05) is 11.6 Å². The van der Waals surface area contributed by atoms with Crippen molar-refractivity contribution in [2.45, 2.75) is 6.42 Å². The third-order valence-electron chi connectivity index (χ3n) is 4.37. The van der Waals surface area contributed by atoms with Crippen LogP contribution in [0.15, 0.2) is 24.3 Å². The number of rotatable bonds is 8. The van der Waals surface area contributed by atoms with E-state index >= 15 is 0 Å². The van der Waals surface area contributed by atoms with Gasteiger partial charge >= 0.3 is 0 Å². The van der Waals surface area contributed by atoms with Gasteiger partial charge in [-0.05, 0) is 44.3 Å². The lowest BCUT2D eigenvalue weighted by molar-refractivity contribution is -0.119. The van der Waals surface area contributed by atoms with Gasteiger partial charge in [0.2, 0.25) is 15.9 Å². The molecule has 1 aliphatic rings. The summed E-state index contributed by atoms with van der Waals surface area (Å²) in [6.07, 6.45) is 1.93. The summed E-state index contributed by atoms with van der Waals surface area (Å²) in [4.78, 5) is 16.8. The number of carbonyl (C=O) groups is 1. The van der Waals surface area contributed by atoms with E-state index in [0.717, 1.165) is 49.7 Å². The van der Waals surface area contributed by atoms with Gasteiger partial charge in [0.25, 0.3) is 0 Å². The van der Waals surface area contributed by atoms with Crippen molar-refractivity contribution in [3.63, 3.8) is 0 Å². The van der Waals surface area contributed by atoms with E-state index in [9.17, 15) is 13.2 Å². The predicted molar refractivity (Wildman–Crippen MR) is 105 cm³/mol. The Morgan fingerprint density at radius 3 is 2.38 bits per heavy atom. The molecule has 1 aromatic carbocycles. The molecule has 2 rings (SSSR count). The van der Waals surface area contributed by atoms with Crippen LogP contribution in [-0.2, 0) is 14.8 Å². The molecule has 0 saturated carbocycles. The van der Waals surface area contributed by atoms with Gasteiger partial charge < -0.3 is 15.1 Å². The summed E-state index contributed by atoms with van der Waals surface area (Å²) >= 11 is 5.84. The van der Waals surface area contributed by atoms with Crippen LogP contribution in [0.2, 0.25) is 5.02 Å². The number of benzene rings is 1. The number of amides is 1. The van der Waals surface area contributed by atoms with E-state index in [1.807, 2.05) is 0 Å². The second kappa shape index (κ2) is 9.55. The number of carbonyl (C=O) groups excluding carboxylic acids is 1. The standard InChI is InChI=1S/C17H27ClN4O3S/c1-20-10-12-21(13-11-20)9-3-8-19-17(23)14-22(26(2,24)25)16-6-4-15(18)5-7-16/h4-7H,3,8-14H2,1-2H3,(H,19,23). The van der Waals surface area contributed by atoms with Crippen molar-refractivity contribution in [3.05, 3.63) is 29.3 Å². The molecule has 1 aliphatic heterocycles. The second-order valence-corrected chi connectivity index (χ2v) is 8.94. The molecule has 1 amide bonds. The number of sulfonamides is 1. The molecule has 1 saturated heterocycles. The molecule has 0 atom stereocenters. The molecule has 26 heavy (non-hydrogen) atoms. The van der Waals surface area contributed by atoms with Gasteiger partial charge in [-0.2, -0.15) is 0 Å². The van der Waals surface area contributed by atoms with Crippen molar-refractivity contribution < 1.29 is 13.2 Å². The number of piperazine rings is 1. The minimum absolute atomic E-state index is 0.241. The average molecular weight is 403 g/mol. The van der Waals surface area contributed by atoms with Crippen LogP contribution in [0.25, 0.3) is 0 Å². The molecule has 7 nitrogen and oxygen atoms in total. The molecule has 1 aromatic rings. The summed E-state index contributed by atoms with van der Waals surface area (Å²) in [7, 11) is -1.45. The lowest BCUT2D eigenvalue weighted by Crippen LogP contribution is -2.45. The topological polar surface area (TPSA) is 73.0 Å². The summed E-state index contributed by atoms with van der Waals surface area (Å²) in [6.45, 7) is 5.44. The summed E-state index contributed by atoms with van der Waals surface area (Å²) in [5, 5.41) is 3.32. The molecule has 0 aromatic heterocycles. The molecule has 1 N–H and O–H groups in total. The Morgan fingerprint density at radius 1 is 1.19 bits per heavy atom. The first-order valence-corrected chi connectivity index (χ1v) is 10.9. The van der Waals surface area contributed by atoms with Crippen molar-refractivity contribution in [3.8, 4) is 0 Å². The first-order valence-electron chi connectivity index (χ1n) is 8.66. The summed E-state index contributed by atoms with van der Waals surface area (Å²) in [5.41, 5.74) is 0.421. The van der Waals surface area contributed by atoms with Gasteiger partial charge in [0.15, 0.2) is 0 Å². The Morgan fingerprint density at radius 2 is 1.81 bits per heavy atom. The predicted octanol–water partition coefficient (Wildman–Crippen LogP) is 0.860. The van der Waals surface area contributed by atoms with Gasteiger partial charge in [-0.25, -0.2) is 8.42 Å². The number of halogens is 1. The summed E-state index contributed by atoms with van der Waals surface area (Å²) < 4.78 is 25.1. The normalized spacial score (nSPS) is 16.4. The van der Waals surface area contributed by atoms with E-state index in [4.69, 9.17) is 11.6 Å². The van der Waals surface area contributed by atoms with Crippen molar-refractivity contribution in [1.82, 2.24) is 15.1 Å². The number of hydrogen-bond acceptors (Lipinski definition) is 5. The van der Waals surface area contributed by atoms with Crippen LogP contribution in [0.1, 0.15) is 6.42 Å². The molecular formula is C17H27ClN4O3S. The molecule has 146 valence electrons. The highest BCUT2D eigenvalue weighted by Gasteiger charge is 2.20. The summed E-state index contributed by atoms with van der Waals surface area (Å²) in [6, 6.07) is 6.38. The van der Waals surface area contributed by atoms with Gasteiger partial charge in [0, 0.05) is 37.7 Å². The van der Waals surface area contributed by atoms with E-state index in [0.29, 0.717) is 17.3 Å². The molecule has 0 unspecified atom stereocenters. The van der Waals surface area contributed by atoms with Crippen LogP contribution in [0.5, 0.6) is 0 Å². The van der Waals surface area contributed by atoms with E-state index in [1.54, 1.807) is 24.3 Å². The minimum atomic E-state index is -3.56. The van der Waals surface area contributed by atoms with Gasteiger partial charge in [0.05, 0.1) is 11.9 Å². The first kappa shape index (κ1) is 21.0. The number of hydrogen-bond donors (Lipinski definition) is 1. The van der Waals surface area contributed by atoms with Gasteiger partial charge in [0.1, 0.15) is 6.54 Å². The smallest absolute Gasteiger partial charge is 0.240 e. The molecule has 0 spiro atoms. The van der Waals surface area contributed by atoms with Crippen molar-refractivity contribution in [2.75, 3.05) is 63.4 Å². The molecule has 0 aliphatic carbocycles. The zero-order valence-corrected chi connectivity index (χ0v) is 16.9. The van der Waals surface area contributed by atoms with Crippen LogP contribution in [0.4, 0.5) is 5.69 Å². The fraction of sp³-hybridized carbons (Fsp3) is 0.588. The highest BCUT2D eigenvalue weighted by Crippen LogP contribution is 2.20. The maximum absolute atomic E-state index is 12.2. The molecule has 1 heterocycles. The quantitative estimate of drug-likeness (QED) is 0.653. The van der Waals surface area contributed by atoms with E-state index in [2.05, 4.69) is 22.2 Å². The van der Waals surface area contributed by atoms with Crippen LogP contribution in [0, 0.1) is 0 Å². The second-order valence-electron chi connectivity index (χ2n) is 6.59. The fourth-order valence-corrected chi connectivity index (χ4v) is 3.78. The third kappa shape index (κ3) is 6.75. The number of likely N-dealkylation sites (N-methyl/N-ethyl adjacent to an activating group) is 1. The van der Waals surface area contributed by atoms with E-state index in [-0.39, 0.29) is 12.5 Å². The largest absolute Gasteiger partial charge is 0.354 e. The summed E-state index contributed by atoms with van der Waals surface area (Å²) in [5.74, 6) is -0.316. The Balaban J connectivity index is 1.79. The van der Waals surface area contributed by atoms with Crippen molar-refractivity contribution >= 4 is 33.2 Å². The molecule has 0 radical (unpaired) electrons. The minimum Gasteiger partial charge on any atom is -0.354 e. The lowest BCUT2D eigenvalue weighted by Gasteiger charge is -2.32. The first-order chi connectivity index (χ1) is 12.3. The Kier molecular flexibility index (Phi) is 7.69. The highest BCUT2D eigenvalue weighted by molar-refractivity contribution is 7.92. The number of anilines is 1. The molecular weight excluding hydrogens is 376 g/mol. The van der Waals surface area contributed by atoms with Gasteiger partial charge in [-0.3, -0.25) is 9.10 Å². The third-order valence-corrected chi connectivity index (χ3v) is 5.76. The van der Waals surface area contributed by atoms with Crippen molar-refractivity contribution in [2.24, 2.45) is 0 Å². The zero-order valence-electron chi connectivity index (χ0n) is 15.3. The highest BCUT2D eigenvalue weighted by atomic mass is 35.5. The Hall–Kier alpha value is -1.35. The lowest BCUT2D eigenvalue weighted by atomic mass is 10.3. The maximum atomic E-state index is 12.2. The number of nitrogens with zero attached hydrogens (tertiary/aromatic N) is 3. The average Bonchev–Trinajstić information content (AvgIpc) is 2.58. The Bertz CT molecular complexity index is 688. The van der Waals surface area contributed by atoms with Crippen LogP contribution >= 0.6 is 11.6 Å². The molecule has 1 fully saturated rings. The monoisotopic (exact) mass is 402 g/mol. The van der Waals surface area contributed by atoms with Crippen LogP contribution < -0.4 is 9.62 Å². The van der Waals surface area contributed by atoms with Gasteiger partial charge in [-0.15, -0.1) is 0 Å². The van der Waals surface area contributed by atoms with E-state index < -0.39 is 10.0 Å². The molecule has 0 bridgehead atoms.